The third kappa shape index (κ3) is 3.60. The minimum Gasteiger partial charge on any atom is -0.0883 e. The molecule has 0 saturated carbocycles. The van der Waals surface area contributed by atoms with Gasteiger partial charge in [-0.25, -0.2) is 0 Å². The molecule has 0 spiro atoms. The van der Waals surface area contributed by atoms with Crippen LogP contribution in [0.5, 0.6) is 0 Å². The van der Waals surface area contributed by atoms with E-state index in [1.807, 2.05) is 0 Å². The summed E-state index contributed by atoms with van der Waals surface area (Å²) in [6, 6.07) is 0. The normalized spacial score (nSPS) is 29.0. The highest BCUT2D eigenvalue weighted by Crippen LogP contribution is 2.20. The van der Waals surface area contributed by atoms with Crippen LogP contribution in [0.4, 0.5) is 0 Å². The van der Waals surface area contributed by atoms with Crippen LogP contribution in [0.15, 0.2) is 12.2 Å². The number of hydrogen-bond acceptors (Lipinski definition) is 0. The highest BCUT2D eigenvalue weighted by Gasteiger charge is 2.04. The van der Waals surface area contributed by atoms with Gasteiger partial charge in [0, 0.05) is 0 Å². The molecular weight excluding hydrogens is 132 g/mol. The Balaban J connectivity index is 2.29. The first kappa shape index (κ1) is 8.83. The standard InChI is InChI=1S/C11H19/c1-2-8-11-9-6-4-3-5-7-10-11/h2,6,9,11H,3-5,7-8,10H2,1H3/b9-6-. The molecule has 1 radical (unpaired) electrons. The Labute approximate surface area is 70.7 Å². The average Bonchev–Trinajstić information content (AvgIpc) is 1.94. The van der Waals surface area contributed by atoms with Crippen molar-refractivity contribution < 1.29 is 0 Å². The molecule has 0 N–H and O–H groups in total. The molecule has 0 nitrogen and oxygen atoms in total. The fraction of sp³-hybridized carbons (Fsp3) is 0.727. The fourth-order valence-electron chi connectivity index (χ4n) is 1.73. The smallest absolute Gasteiger partial charge is 0.0231 e. The summed E-state index contributed by atoms with van der Waals surface area (Å²) in [6.07, 6.45) is 15.3. The molecule has 1 aliphatic carbocycles. The topological polar surface area (TPSA) is 0 Å². The van der Waals surface area contributed by atoms with Crippen molar-refractivity contribution in [3.8, 4) is 0 Å². The lowest BCUT2D eigenvalue weighted by Gasteiger charge is -2.13. The third-order valence-electron chi connectivity index (χ3n) is 2.39. The van der Waals surface area contributed by atoms with Crippen molar-refractivity contribution in [3.63, 3.8) is 0 Å². The van der Waals surface area contributed by atoms with E-state index < -0.39 is 0 Å². The van der Waals surface area contributed by atoms with E-state index in [-0.39, 0.29) is 0 Å². The molecule has 1 aliphatic rings. The molecule has 0 aromatic heterocycles. The van der Waals surface area contributed by atoms with Gasteiger partial charge in [-0.3, -0.25) is 0 Å². The van der Waals surface area contributed by atoms with Crippen molar-refractivity contribution in [1.82, 2.24) is 0 Å². The van der Waals surface area contributed by atoms with E-state index in [0.717, 1.165) is 5.92 Å². The summed E-state index contributed by atoms with van der Waals surface area (Å²) in [5, 5.41) is 0. The first-order valence-electron chi connectivity index (χ1n) is 4.88. The van der Waals surface area contributed by atoms with Crippen LogP contribution < -0.4 is 0 Å². The van der Waals surface area contributed by atoms with Gasteiger partial charge in [-0.05, 0) is 38.0 Å². The van der Waals surface area contributed by atoms with Gasteiger partial charge in [-0.1, -0.05) is 31.9 Å². The number of hydrogen-bond donors (Lipinski definition) is 0. The molecular formula is C11H19. The molecule has 11 heavy (non-hydrogen) atoms. The number of allylic oxidation sites excluding steroid dienone is 2. The van der Waals surface area contributed by atoms with Gasteiger partial charge in [0.15, 0.2) is 0 Å². The van der Waals surface area contributed by atoms with Crippen LogP contribution in [-0.2, 0) is 0 Å². The molecule has 0 aliphatic heterocycles. The van der Waals surface area contributed by atoms with Crippen molar-refractivity contribution in [2.45, 2.75) is 45.4 Å². The Morgan fingerprint density at radius 3 is 3.09 bits per heavy atom. The zero-order valence-corrected chi connectivity index (χ0v) is 7.55. The third-order valence-corrected chi connectivity index (χ3v) is 2.39. The maximum absolute atomic E-state index is 2.42. The summed E-state index contributed by atoms with van der Waals surface area (Å²) in [5.41, 5.74) is 0. The fourth-order valence-corrected chi connectivity index (χ4v) is 1.73. The van der Waals surface area contributed by atoms with Crippen LogP contribution in [0.1, 0.15) is 45.4 Å². The molecule has 1 atom stereocenters. The Morgan fingerprint density at radius 1 is 1.36 bits per heavy atom. The van der Waals surface area contributed by atoms with Gasteiger partial charge in [0.2, 0.25) is 0 Å². The highest BCUT2D eigenvalue weighted by molar-refractivity contribution is 4.91. The SMILES string of the molecule is C[CH]CC1/C=C\CCCCC1. The van der Waals surface area contributed by atoms with Gasteiger partial charge in [-0.15, -0.1) is 0 Å². The van der Waals surface area contributed by atoms with E-state index in [0.29, 0.717) is 0 Å². The van der Waals surface area contributed by atoms with E-state index in [2.05, 4.69) is 25.5 Å². The summed E-state index contributed by atoms with van der Waals surface area (Å²) < 4.78 is 0. The summed E-state index contributed by atoms with van der Waals surface area (Å²) >= 11 is 0. The van der Waals surface area contributed by atoms with Gasteiger partial charge in [0.1, 0.15) is 0 Å². The zero-order valence-electron chi connectivity index (χ0n) is 7.55. The largest absolute Gasteiger partial charge is 0.0883 e. The molecule has 0 saturated heterocycles. The molecule has 1 rings (SSSR count). The predicted molar refractivity (Wildman–Crippen MR) is 50.3 cm³/mol. The monoisotopic (exact) mass is 151 g/mol. The lowest BCUT2D eigenvalue weighted by Crippen LogP contribution is -1.98. The predicted octanol–water partition coefficient (Wildman–Crippen LogP) is 3.74. The zero-order chi connectivity index (χ0) is 7.94. The van der Waals surface area contributed by atoms with Crippen molar-refractivity contribution in [2.24, 2.45) is 5.92 Å². The maximum Gasteiger partial charge on any atom is -0.0231 e. The van der Waals surface area contributed by atoms with Gasteiger partial charge >= 0.3 is 0 Å². The molecule has 1 unspecified atom stereocenters. The van der Waals surface area contributed by atoms with E-state index in [9.17, 15) is 0 Å². The van der Waals surface area contributed by atoms with Crippen molar-refractivity contribution in [3.05, 3.63) is 18.6 Å². The van der Waals surface area contributed by atoms with Crippen molar-refractivity contribution in [1.29, 1.82) is 0 Å². The molecule has 0 heterocycles. The minimum atomic E-state index is 0.847. The van der Waals surface area contributed by atoms with E-state index in [4.69, 9.17) is 0 Å². The summed E-state index contributed by atoms with van der Waals surface area (Å²) in [6.45, 7) is 2.16. The second-order valence-electron chi connectivity index (χ2n) is 3.47. The molecule has 0 bridgehead atoms. The minimum absolute atomic E-state index is 0.847. The molecule has 0 fully saturated rings. The second kappa shape index (κ2) is 5.40. The van der Waals surface area contributed by atoms with Crippen LogP contribution >= 0.6 is 0 Å². The Kier molecular flexibility index (Phi) is 4.33. The summed E-state index contributed by atoms with van der Waals surface area (Å²) in [5.74, 6) is 0.847. The van der Waals surface area contributed by atoms with Gasteiger partial charge in [0.05, 0.1) is 0 Å². The van der Waals surface area contributed by atoms with E-state index in [1.165, 1.54) is 38.5 Å². The molecule has 0 aromatic carbocycles. The first-order valence-corrected chi connectivity index (χ1v) is 4.88. The van der Waals surface area contributed by atoms with E-state index in [1.54, 1.807) is 0 Å². The van der Waals surface area contributed by atoms with Crippen LogP contribution in [-0.4, -0.2) is 0 Å². The maximum atomic E-state index is 2.42. The summed E-state index contributed by atoms with van der Waals surface area (Å²) in [7, 11) is 0. The van der Waals surface area contributed by atoms with Crippen LogP contribution in [0.2, 0.25) is 0 Å². The van der Waals surface area contributed by atoms with Gasteiger partial charge in [-0.2, -0.15) is 0 Å². The van der Waals surface area contributed by atoms with Crippen molar-refractivity contribution in [2.75, 3.05) is 0 Å². The Morgan fingerprint density at radius 2 is 2.27 bits per heavy atom. The Hall–Kier alpha value is -0.260. The average molecular weight is 151 g/mol. The van der Waals surface area contributed by atoms with Crippen LogP contribution in [0.25, 0.3) is 0 Å². The van der Waals surface area contributed by atoms with Crippen LogP contribution in [0, 0.1) is 12.3 Å². The lowest BCUT2D eigenvalue weighted by molar-refractivity contribution is 0.515. The van der Waals surface area contributed by atoms with Crippen LogP contribution in [0.3, 0.4) is 0 Å². The highest BCUT2D eigenvalue weighted by atomic mass is 14.1. The molecule has 63 valence electrons. The van der Waals surface area contributed by atoms with Gasteiger partial charge in [0.25, 0.3) is 0 Å². The Bertz CT molecular complexity index is 113. The summed E-state index contributed by atoms with van der Waals surface area (Å²) in [4.78, 5) is 0. The van der Waals surface area contributed by atoms with E-state index >= 15 is 0 Å². The second-order valence-corrected chi connectivity index (χ2v) is 3.47. The number of rotatable bonds is 2. The first-order chi connectivity index (χ1) is 5.43. The van der Waals surface area contributed by atoms with Gasteiger partial charge < -0.3 is 0 Å². The van der Waals surface area contributed by atoms with Crippen molar-refractivity contribution >= 4 is 0 Å². The molecule has 0 amide bonds. The lowest BCUT2D eigenvalue weighted by atomic mass is 9.93. The quantitative estimate of drug-likeness (QED) is 0.527. The molecule has 0 aromatic rings. The molecule has 0 heteroatoms.